The van der Waals surface area contributed by atoms with Crippen LogP contribution in [0.15, 0.2) is 22.1 Å². The fourth-order valence-electron chi connectivity index (χ4n) is 4.93. The summed E-state index contributed by atoms with van der Waals surface area (Å²) in [7, 11) is 0. The van der Waals surface area contributed by atoms with E-state index in [9.17, 15) is 0 Å². The third kappa shape index (κ3) is 2.64. The summed E-state index contributed by atoms with van der Waals surface area (Å²) < 4.78 is 3.04. The van der Waals surface area contributed by atoms with Crippen LogP contribution in [-0.2, 0) is 19.2 Å². The summed E-state index contributed by atoms with van der Waals surface area (Å²) in [4.78, 5) is 0. The number of rotatable bonds is 2. The zero-order chi connectivity index (χ0) is 10.5. The van der Waals surface area contributed by atoms with E-state index in [0.717, 1.165) is 23.7 Å². The van der Waals surface area contributed by atoms with E-state index in [1.165, 1.54) is 10.6 Å². The van der Waals surface area contributed by atoms with Crippen molar-refractivity contribution in [3.8, 4) is 0 Å². The second-order valence-corrected chi connectivity index (χ2v) is 8.92. The monoisotopic (exact) mass is 320 g/mol. The van der Waals surface area contributed by atoms with Gasteiger partial charge in [0.1, 0.15) is 0 Å². The standard InChI is InChI=1S/C10H15.C5H5.2ClH.Ti/c1-7-2-9-4-8(1)5-10(3-7)6-9;1-2-4-5-3-1;;;/h1,7-10H,2-6H2;1-3H,4H2;2*1H;. The van der Waals surface area contributed by atoms with Crippen molar-refractivity contribution in [2.75, 3.05) is 0 Å². The SMILES string of the molecule is C1=CC[C]([Ti][CH]2C3CC4CC(C3)CC2C4)=C1.Cl.Cl. The molecule has 0 aromatic rings. The van der Waals surface area contributed by atoms with Gasteiger partial charge in [0.2, 0.25) is 0 Å². The average molecular weight is 321 g/mol. The topological polar surface area (TPSA) is 0 Å². The van der Waals surface area contributed by atoms with Crippen LogP contribution in [0.2, 0.25) is 4.22 Å². The number of hydrogen-bond donors (Lipinski definition) is 0. The summed E-state index contributed by atoms with van der Waals surface area (Å²) >= 11 is 0.219. The summed E-state index contributed by atoms with van der Waals surface area (Å²) in [5.74, 6) is 4.64. The molecule has 0 N–H and O–H groups in total. The van der Waals surface area contributed by atoms with Crippen molar-refractivity contribution in [2.45, 2.75) is 42.7 Å². The first-order valence-electron chi connectivity index (χ1n) is 7.00. The molecule has 5 rings (SSSR count). The second kappa shape index (κ2) is 6.04. The first-order chi connectivity index (χ1) is 7.88. The molecule has 0 aromatic heterocycles. The van der Waals surface area contributed by atoms with E-state index in [4.69, 9.17) is 0 Å². The molecule has 0 aromatic carbocycles. The molecular formula is C15H22Cl2Ti. The van der Waals surface area contributed by atoms with Crippen LogP contribution in [0.25, 0.3) is 0 Å². The maximum absolute atomic E-state index is 2.44. The molecule has 4 bridgehead atoms. The molecule has 0 unspecified atom stereocenters. The van der Waals surface area contributed by atoms with Crippen molar-refractivity contribution in [1.82, 2.24) is 0 Å². The summed E-state index contributed by atoms with van der Waals surface area (Å²) in [6.07, 6.45) is 16.4. The fraction of sp³-hybridized carbons (Fsp3) is 0.733. The van der Waals surface area contributed by atoms with Gasteiger partial charge in [0.25, 0.3) is 0 Å². The van der Waals surface area contributed by atoms with E-state index < -0.39 is 0 Å². The van der Waals surface area contributed by atoms with Crippen molar-refractivity contribution >= 4 is 24.8 Å². The summed E-state index contributed by atoms with van der Waals surface area (Å²) in [6, 6.07) is 0. The third-order valence-electron chi connectivity index (χ3n) is 5.35. The molecule has 0 atom stereocenters. The van der Waals surface area contributed by atoms with Gasteiger partial charge >= 0.3 is 108 Å². The molecule has 18 heavy (non-hydrogen) atoms. The largest absolute Gasteiger partial charge is 0.147 e. The van der Waals surface area contributed by atoms with Crippen LogP contribution in [-0.4, -0.2) is 0 Å². The zero-order valence-electron chi connectivity index (χ0n) is 10.7. The number of allylic oxidation sites excluding steroid dienone is 4. The van der Waals surface area contributed by atoms with Gasteiger partial charge in [0, 0.05) is 0 Å². The molecule has 4 saturated carbocycles. The Bertz CT molecular complexity index is 334. The first-order valence-corrected chi connectivity index (χ1v) is 8.69. The van der Waals surface area contributed by atoms with Gasteiger partial charge < -0.3 is 0 Å². The molecule has 0 spiro atoms. The molecular weight excluding hydrogens is 299 g/mol. The Balaban J connectivity index is 0.000000602. The molecule has 0 saturated heterocycles. The van der Waals surface area contributed by atoms with E-state index in [1.54, 1.807) is 32.1 Å². The molecule has 5 aliphatic rings. The maximum atomic E-state index is 2.44. The first kappa shape index (κ1) is 15.2. The molecule has 5 aliphatic carbocycles. The second-order valence-electron chi connectivity index (χ2n) is 6.43. The van der Waals surface area contributed by atoms with Crippen molar-refractivity contribution in [3.05, 3.63) is 22.1 Å². The van der Waals surface area contributed by atoms with Crippen LogP contribution in [0.4, 0.5) is 0 Å². The number of hydrogen-bond acceptors (Lipinski definition) is 0. The molecule has 4 fully saturated rings. The van der Waals surface area contributed by atoms with Gasteiger partial charge in [0.15, 0.2) is 0 Å². The van der Waals surface area contributed by atoms with E-state index in [1.807, 2.05) is 3.88 Å². The zero-order valence-corrected chi connectivity index (χ0v) is 13.9. The van der Waals surface area contributed by atoms with Gasteiger partial charge in [0.05, 0.1) is 0 Å². The van der Waals surface area contributed by atoms with E-state index in [2.05, 4.69) is 18.2 Å². The normalized spacial score (nSPS) is 43.1. The van der Waals surface area contributed by atoms with Crippen LogP contribution >= 0.6 is 24.8 Å². The maximum Gasteiger partial charge on any atom is -0.147 e. The number of halogens is 2. The molecule has 0 heterocycles. The Kier molecular flexibility index (Phi) is 5.09. The van der Waals surface area contributed by atoms with E-state index >= 15 is 0 Å². The summed E-state index contributed by atoms with van der Waals surface area (Å²) in [5, 5.41) is 0. The quantitative estimate of drug-likeness (QED) is 0.628. The van der Waals surface area contributed by atoms with E-state index in [-0.39, 0.29) is 44.0 Å². The van der Waals surface area contributed by atoms with Crippen LogP contribution < -0.4 is 0 Å². The van der Waals surface area contributed by atoms with Crippen LogP contribution in [0.3, 0.4) is 0 Å². The minimum atomic E-state index is 0. The molecule has 3 heteroatoms. The van der Waals surface area contributed by atoms with E-state index in [0.29, 0.717) is 0 Å². The smallest absolute Gasteiger partial charge is 0.147 e. The van der Waals surface area contributed by atoms with Crippen LogP contribution in [0.1, 0.15) is 38.5 Å². The van der Waals surface area contributed by atoms with Crippen molar-refractivity contribution in [2.24, 2.45) is 23.7 Å². The molecule has 0 nitrogen and oxygen atoms in total. The fourth-order valence-corrected chi connectivity index (χ4v) is 7.85. The Morgan fingerprint density at radius 2 is 1.50 bits per heavy atom. The average Bonchev–Trinajstić information content (AvgIpc) is 2.75. The van der Waals surface area contributed by atoms with Crippen molar-refractivity contribution in [1.29, 1.82) is 0 Å². The van der Waals surface area contributed by atoms with Gasteiger partial charge in [-0.05, 0) is 0 Å². The van der Waals surface area contributed by atoms with Gasteiger partial charge in [-0.25, -0.2) is 0 Å². The molecule has 0 radical (unpaired) electrons. The predicted octanol–water partition coefficient (Wildman–Crippen LogP) is 5.00. The van der Waals surface area contributed by atoms with Crippen LogP contribution in [0, 0.1) is 23.7 Å². The Hall–Kier alpha value is 0.774. The van der Waals surface area contributed by atoms with Gasteiger partial charge in [-0.3, -0.25) is 0 Å². The predicted molar refractivity (Wildman–Crippen MR) is 77.1 cm³/mol. The third-order valence-corrected chi connectivity index (χ3v) is 8.50. The Morgan fingerprint density at radius 3 is 2.00 bits per heavy atom. The van der Waals surface area contributed by atoms with Crippen LogP contribution in [0.5, 0.6) is 0 Å². The molecule has 0 amide bonds. The summed E-state index contributed by atoms with van der Waals surface area (Å²) in [6.45, 7) is 0. The Morgan fingerprint density at radius 1 is 0.889 bits per heavy atom. The van der Waals surface area contributed by atoms with Crippen molar-refractivity contribution < 1.29 is 19.2 Å². The minimum absolute atomic E-state index is 0. The minimum Gasteiger partial charge on any atom is -0.147 e. The van der Waals surface area contributed by atoms with Gasteiger partial charge in [-0.15, -0.1) is 24.8 Å². The summed E-state index contributed by atoms with van der Waals surface area (Å²) in [5.41, 5.74) is 0. The van der Waals surface area contributed by atoms with Crippen molar-refractivity contribution in [3.63, 3.8) is 0 Å². The Labute approximate surface area is 132 Å². The molecule has 0 aliphatic heterocycles. The van der Waals surface area contributed by atoms with Gasteiger partial charge in [-0.2, -0.15) is 0 Å². The van der Waals surface area contributed by atoms with Gasteiger partial charge in [-0.1, -0.05) is 0 Å². The molecule has 100 valence electrons.